The van der Waals surface area contributed by atoms with Crippen molar-refractivity contribution in [3.63, 3.8) is 0 Å². The molecule has 0 radical (unpaired) electrons. The van der Waals surface area contributed by atoms with Gasteiger partial charge < -0.3 is 4.42 Å². The molecule has 4 nitrogen and oxygen atoms in total. The number of carbonyl (C=O) groups is 1. The zero-order chi connectivity index (χ0) is 18.8. The minimum absolute atomic E-state index is 0.0130. The van der Waals surface area contributed by atoms with E-state index >= 15 is 0 Å². The lowest BCUT2D eigenvalue weighted by atomic mass is 10.1. The van der Waals surface area contributed by atoms with Gasteiger partial charge >= 0.3 is 0 Å². The third-order valence-corrected chi connectivity index (χ3v) is 5.39. The number of carbonyl (C=O) groups excluding carboxylic acids is 1. The maximum absolute atomic E-state index is 14.2. The van der Waals surface area contributed by atoms with Crippen LogP contribution in [0.1, 0.15) is 28.6 Å². The highest BCUT2D eigenvalue weighted by molar-refractivity contribution is 7.22. The molecule has 2 heterocycles. The van der Waals surface area contributed by atoms with Crippen LogP contribution in [0.5, 0.6) is 0 Å². The molecule has 0 saturated carbocycles. The smallest absolute Gasteiger partial charge is 0.263 e. The van der Waals surface area contributed by atoms with Gasteiger partial charge in [0.05, 0.1) is 28.6 Å². The van der Waals surface area contributed by atoms with Crippen LogP contribution < -0.4 is 4.90 Å². The van der Waals surface area contributed by atoms with Crippen molar-refractivity contribution in [2.24, 2.45) is 0 Å². The third kappa shape index (κ3) is 3.36. The van der Waals surface area contributed by atoms with E-state index < -0.39 is 11.7 Å². The Hall–Kier alpha value is -2.99. The minimum Gasteiger partial charge on any atom is -0.467 e. The van der Waals surface area contributed by atoms with E-state index in [-0.39, 0.29) is 12.1 Å². The summed E-state index contributed by atoms with van der Waals surface area (Å²) in [5.41, 5.74) is 2.01. The molecule has 0 aliphatic carbocycles. The van der Waals surface area contributed by atoms with Crippen LogP contribution in [0.25, 0.3) is 10.2 Å². The van der Waals surface area contributed by atoms with Crippen LogP contribution in [0.4, 0.5) is 9.52 Å². The fourth-order valence-corrected chi connectivity index (χ4v) is 3.97. The average Bonchev–Trinajstić information content (AvgIpc) is 3.35. The van der Waals surface area contributed by atoms with Gasteiger partial charge in [0.2, 0.25) is 0 Å². The second kappa shape index (κ2) is 7.32. The van der Waals surface area contributed by atoms with Gasteiger partial charge in [-0.1, -0.05) is 42.5 Å². The van der Waals surface area contributed by atoms with E-state index in [1.807, 2.05) is 18.2 Å². The number of para-hydroxylation sites is 1. The first-order chi connectivity index (χ1) is 13.2. The highest BCUT2D eigenvalue weighted by Crippen LogP contribution is 2.33. The minimum atomic E-state index is -0.553. The first-order valence-electron chi connectivity index (χ1n) is 8.64. The van der Waals surface area contributed by atoms with Gasteiger partial charge in [-0.25, -0.2) is 9.37 Å². The van der Waals surface area contributed by atoms with E-state index in [2.05, 4.69) is 6.92 Å². The summed E-state index contributed by atoms with van der Waals surface area (Å²) in [6.07, 6.45) is 2.40. The number of amides is 1. The number of halogens is 1. The van der Waals surface area contributed by atoms with Crippen LogP contribution in [0, 0.1) is 5.82 Å². The summed E-state index contributed by atoms with van der Waals surface area (Å²) in [5, 5.41) is 0.524. The van der Waals surface area contributed by atoms with E-state index in [4.69, 9.17) is 9.40 Å². The predicted octanol–water partition coefficient (Wildman–Crippen LogP) is 5.44. The lowest BCUT2D eigenvalue weighted by Gasteiger charge is -2.19. The Morgan fingerprint density at radius 2 is 2.00 bits per heavy atom. The molecule has 136 valence electrons. The number of aryl methyl sites for hydroxylation is 1. The quantitative estimate of drug-likeness (QED) is 0.463. The molecule has 0 saturated heterocycles. The fourth-order valence-electron chi connectivity index (χ4n) is 2.96. The molecule has 0 aliphatic heterocycles. The Bertz CT molecular complexity index is 1090. The molecular formula is C21H17FN2O2S. The van der Waals surface area contributed by atoms with Crippen molar-refractivity contribution in [3.05, 3.63) is 83.6 Å². The van der Waals surface area contributed by atoms with Crippen LogP contribution in [-0.2, 0) is 13.0 Å². The van der Waals surface area contributed by atoms with Gasteiger partial charge in [-0.05, 0) is 42.3 Å². The SMILES string of the molecule is CCc1cccc2sc(N(Cc3ccco3)C(=O)c3ccccc3F)nc12. The molecule has 0 N–H and O–H groups in total. The summed E-state index contributed by atoms with van der Waals surface area (Å²) in [6, 6.07) is 15.5. The highest BCUT2D eigenvalue weighted by atomic mass is 32.1. The second-order valence-electron chi connectivity index (χ2n) is 6.06. The van der Waals surface area contributed by atoms with Crippen molar-refractivity contribution in [1.29, 1.82) is 0 Å². The molecular weight excluding hydrogens is 363 g/mol. The maximum Gasteiger partial charge on any atom is 0.263 e. The molecule has 4 rings (SSSR count). The van der Waals surface area contributed by atoms with Crippen molar-refractivity contribution in [2.45, 2.75) is 19.9 Å². The lowest BCUT2D eigenvalue weighted by Crippen LogP contribution is -2.30. The molecule has 0 spiro atoms. The molecule has 6 heteroatoms. The summed E-state index contributed by atoms with van der Waals surface area (Å²) < 4.78 is 20.6. The third-order valence-electron chi connectivity index (χ3n) is 4.35. The molecule has 0 unspecified atom stereocenters. The Balaban J connectivity index is 1.81. The highest BCUT2D eigenvalue weighted by Gasteiger charge is 2.25. The van der Waals surface area contributed by atoms with Gasteiger partial charge in [-0.3, -0.25) is 9.69 Å². The molecule has 27 heavy (non-hydrogen) atoms. The average molecular weight is 380 g/mol. The van der Waals surface area contributed by atoms with Gasteiger partial charge in [0.25, 0.3) is 5.91 Å². The number of anilines is 1. The van der Waals surface area contributed by atoms with Crippen LogP contribution in [0.3, 0.4) is 0 Å². The van der Waals surface area contributed by atoms with Crippen LogP contribution in [-0.4, -0.2) is 10.9 Å². The second-order valence-corrected chi connectivity index (χ2v) is 7.07. The number of fused-ring (bicyclic) bond motifs is 1. The van der Waals surface area contributed by atoms with Crippen LogP contribution >= 0.6 is 11.3 Å². The van der Waals surface area contributed by atoms with Crippen molar-refractivity contribution in [2.75, 3.05) is 4.90 Å². The largest absolute Gasteiger partial charge is 0.467 e. The van der Waals surface area contributed by atoms with E-state index in [1.54, 1.807) is 30.5 Å². The molecule has 0 atom stereocenters. The molecule has 2 aromatic carbocycles. The maximum atomic E-state index is 14.2. The molecule has 0 aliphatic rings. The molecule has 1 amide bonds. The number of rotatable bonds is 5. The standard InChI is InChI=1S/C21H17FN2O2S/c1-2-14-7-5-11-18-19(14)23-21(27-18)24(13-15-8-6-12-26-15)20(25)16-9-3-4-10-17(16)22/h3-12H,2,13H2,1H3. The van der Waals surface area contributed by atoms with Gasteiger partial charge in [-0.2, -0.15) is 0 Å². The Morgan fingerprint density at radius 1 is 1.15 bits per heavy atom. The fraction of sp³-hybridized carbons (Fsp3) is 0.143. The molecule has 0 bridgehead atoms. The Kier molecular flexibility index (Phi) is 4.73. The molecule has 4 aromatic rings. The molecule has 0 fully saturated rings. The van der Waals surface area contributed by atoms with Crippen molar-refractivity contribution >= 4 is 32.6 Å². The number of benzene rings is 2. The summed E-state index contributed by atoms with van der Waals surface area (Å²) in [7, 11) is 0. The first kappa shape index (κ1) is 17.4. The van der Waals surface area contributed by atoms with Crippen LogP contribution in [0.15, 0.2) is 65.3 Å². The topological polar surface area (TPSA) is 46.3 Å². The number of thiazole rings is 1. The van der Waals surface area contributed by atoms with E-state index in [0.717, 1.165) is 22.2 Å². The van der Waals surface area contributed by atoms with Gasteiger partial charge in [0.1, 0.15) is 11.6 Å². The predicted molar refractivity (Wildman–Crippen MR) is 105 cm³/mol. The van der Waals surface area contributed by atoms with E-state index in [1.165, 1.54) is 28.4 Å². The summed E-state index contributed by atoms with van der Waals surface area (Å²) in [5.74, 6) is -0.390. The number of furan rings is 1. The number of nitrogens with zero attached hydrogens (tertiary/aromatic N) is 2. The van der Waals surface area contributed by atoms with Gasteiger partial charge in [0.15, 0.2) is 5.13 Å². The Labute approximate surface area is 159 Å². The van der Waals surface area contributed by atoms with Crippen molar-refractivity contribution < 1.29 is 13.6 Å². The normalized spacial score (nSPS) is 11.0. The van der Waals surface area contributed by atoms with Crippen LogP contribution in [0.2, 0.25) is 0 Å². The summed E-state index contributed by atoms with van der Waals surface area (Å²) in [4.78, 5) is 19.3. The first-order valence-corrected chi connectivity index (χ1v) is 9.46. The molecule has 2 aromatic heterocycles. The number of aromatic nitrogens is 1. The zero-order valence-corrected chi connectivity index (χ0v) is 15.5. The monoisotopic (exact) mass is 380 g/mol. The van der Waals surface area contributed by atoms with Crippen molar-refractivity contribution in [3.8, 4) is 0 Å². The van der Waals surface area contributed by atoms with E-state index in [9.17, 15) is 9.18 Å². The Morgan fingerprint density at radius 3 is 2.74 bits per heavy atom. The summed E-state index contributed by atoms with van der Waals surface area (Å²) >= 11 is 1.42. The number of hydrogen-bond donors (Lipinski definition) is 0. The van der Waals surface area contributed by atoms with Gasteiger partial charge in [-0.15, -0.1) is 0 Å². The lowest BCUT2D eigenvalue weighted by molar-refractivity contribution is 0.0979. The number of hydrogen-bond acceptors (Lipinski definition) is 4. The van der Waals surface area contributed by atoms with Crippen molar-refractivity contribution in [1.82, 2.24) is 4.98 Å². The summed E-state index contributed by atoms with van der Waals surface area (Å²) in [6.45, 7) is 2.25. The van der Waals surface area contributed by atoms with E-state index in [0.29, 0.717) is 10.9 Å². The van der Waals surface area contributed by atoms with Gasteiger partial charge in [0, 0.05) is 0 Å². The zero-order valence-electron chi connectivity index (χ0n) is 14.7.